The molecular formula is C11H16N2O5. The fraction of sp³-hybridized carbons (Fsp3) is 0.636. The minimum absolute atomic E-state index is 0.281. The molecule has 0 bridgehead atoms. The van der Waals surface area contributed by atoms with Crippen LogP contribution in [0.15, 0.2) is 15.8 Å². The smallest absolute Gasteiger partial charge is 0.330 e. The van der Waals surface area contributed by atoms with E-state index in [0.717, 1.165) is 0 Å². The number of ether oxygens (including phenoxy) is 2. The Morgan fingerprint density at radius 1 is 1.67 bits per heavy atom. The molecule has 1 saturated heterocycles. The van der Waals surface area contributed by atoms with E-state index in [1.165, 1.54) is 17.9 Å². The van der Waals surface area contributed by atoms with E-state index < -0.39 is 23.3 Å². The number of aromatic nitrogens is 2. The molecule has 1 fully saturated rings. The first-order valence-corrected chi connectivity index (χ1v) is 5.67. The maximum absolute atomic E-state index is 11.7. The van der Waals surface area contributed by atoms with Gasteiger partial charge >= 0.3 is 5.69 Å². The molecule has 2 N–H and O–H groups in total. The van der Waals surface area contributed by atoms with E-state index in [1.807, 2.05) is 0 Å². The summed E-state index contributed by atoms with van der Waals surface area (Å²) in [7, 11) is 1.44. The third-order valence-corrected chi connectivity index (χ3v) is 3.19. The number of hydrogen-bond acceptors (Lipinski definition) is 5. The quantitative estimate of drug-likeness (QED) is 0.759. The molecule has 0 amide bonds. The van der Waals surface area contributed by atoms with Crippen molar-refractivity contribution in [1.29, 1.82) is 0 Å². The van der Waals surface area contributed by atoms with Crippen LogP contribution in [-0.4, -0.2) is 34.2 Å². The van der Waals surface area contributed by atoms with Crippen LogP contribution in [-0.2, 0) is 9.47 Å². The van der Waals surface area contributed by atoms with Crippen molar-refractivity contribution < 1.29 is 14.6 Å². The lowest BCUT2D eigenvalue weighted by Crippen LogP contribution is -2.38. The molecule has 0 aromatic carbocycles. The Bertz CT molecular complexity index is 543. The van der Waals surface area contributed by atoms with Gasteiger partial charge in [-0.15, -0.1) is 0 Å². The Kier molecular flexibility index (Phi) is 3.38. The predicted octanol–water partition coefficient (Wildman–Crippen LogP) is -0.511. The molecule has 1 aromatic heterocycles. The molecule has 2 rings (SSSR count). The van der Waals surface area contributed by atoms with E-state index in [-0.39, 0.29) is 6.61 Å². The summed E-state index contributed by atoms with van der Waals surface area (Å²) in [5, 5.41) is 9.25. The summed E-state index contributed by atoms with van der Waals surface area (Å²) >= 11 is 0. The minimum Gasteiger partial charge on any atom is -0.391 e. The van der Waals surface area contributed by atoms with E-state index in [1.54, 1.807) is 6.92 Å². The van der Waals surface area contributed by atoms with E-state index in [2.05, 4.69) is 4.98 Å². The van der Waals surface area contributed by atoms with Gasteiger partial charge in [0.15, 0.2) is 5.79 Å². The summed E-state index contributed by atoms with van der Waals surface area (Å²) in [5.74, 6) is -1.06. The van der Waals surface area contributed by atoms with Crippen molar-refractivity contribution >= 4 is 0 Å². The maximum Gasteiger partial charge on any atom is 0.330 e. The van der Waals surface area contributed by atoms with Crippen molar-refractivity contribution in [3.05, 3.63) is 32.6 Å². The lowest BCUT2D eigenvalue weighted by atomic mass is 10.2. The van der Waals surface area contributed by atoms with Crippen LogP contribution in [0.2, 0.25) is 0 Å². The molecule has 100 valence electrons. The first-order valence-electron chi connectivity index (χ1n) is 5.67. The molecule has 0 saturated carbocycles. The molecule has 2 atom stereocenters. The lowest BCUT2D eigenvalue weighted by molar-refractivity contribution is -0.242. The van der Waals surface area contributed by atoms with Crippen molar-refractivity contribution in [2.24, 2.45) is 0 Å². The highest BCUT2D eigenvalue weighted by atomic mass is 16.7. The first kappa shape index (κ1) is 13.0. The van der Waals surface area contributed by atoms with E-state index in [0.29, 0.717) is 18.4 Å². The normalized spacial score (nSPS) is 27.6. The van der Waals surface area contributed by atoms with Gasteiger partial charge < -0.3 is 14.6 Å². The van der Waals surface area contributed by atoms with Crippen LogP contribution in [0, 0.1) is 6.92 Å². The summed E-state index contributed by atoms with van der Waals surface area (Å²) in [6.45, 7) is 1.33. The summed E-state index contributed by atoms with van der Waals surface area (Å²) in [6, 6.07) is 0. The van der Waals surface area contributed by atoms with Crippen molar-refractivity contribution in [2.45, 2.75) is 31.8 Å². The summed E-state index contributed by atoms with van der Waals surface area (Å²) in [4.78, 5) is 25.2. The van der Waals surface area contributed by atoms with Crippen molar-refractivity contribution in [1.82, 2.24) is 9.55 Å². The largest absolute Gasteiger partial charge is 0.391 e. The number of aryl methyl sites for hydroxylation is 1. The minimum atomic E-state index is -1.06. The van der Waals surface area contributed by atoms with Gasteiger partial charge in [-0.05, 0) is 13.3 Å². The molecule has 1 aliphatic rings. The van der Waals surface area contributed by atoms with E-state index in [4.69, 9.17) is 9.47 Å². The monoisotopic (exact) mass is 256 g/mol. The number of rotatable bonds is 3. The van der Waals surface area contributed by atoms with Crippen LogP contribution >= 0.6 is 0 Å². The number of H-pyrrole nitrogens is 1. The standard InChI is InChI=1S/C11H16N2O5/c1-7-5-13(10(16)12-9(7)15)8-3-4-11(6-14,17-2)18-8/h5,8,14H,3-4,6H2,1-2H3,(H,12,15,16)/t8-,11-/m1/s1. The van der Waals surface area contributed by atoms with Gasteiger partial charge in [-0.25, -0.2) is 4.79 Å². The Morgan fingerprint density at radius 3 is 2.94 bits per heavy atom. The molecule has 7 heteroatoms. The SMILES string of the molecule is CO[C@]1(CO)CC[C@H](n2cc(C)c(=O)[nH]c2=O)O1. The first-order chi connectivity index (χ1) is 8.51. The van der Waals surface area contributed by atoms with Gasteiger partial charge in [-0.2, -0.15) is 0 Å². The van der Waals surface area contributed by atoms with Gasteiger partial charge in [0.2, 0.25) is 0 Å². The van der Waals surface area contributed by atoms with Crippen molar-refractivity contribution in [3.8, 4) is 0 Å². The number of aliphatic hydroxyl groups is 1. The molecule has 0 radical (unpaired) electrons. The predicted molar refractivity (Wildman–Crippen MR) is 62.2 cm³/mol. The second-order valence-electron chi connectivity index (χ2n) is 4.36. The molecule has 0 unspecified atom stereocenters. The molecular weight excluding hydrogens is 240 g/mol. The molecule has 2 heterocycles. The number of nitrogens with zero attached hydrogens (tertiary/aromatic N) is 1. The average molecular weight is 256 g/mol. The average Bonchev–Trinajstić information content (AvgIpc) is 2.79. The number of methoxy groups -OCH3 is 1. The van der Waals surface area contributed by atoms with E-state index in [9.17, 15) is 14.7 Å². The van der Waals surface area contributed by atoms with Gasteiger partial charge in [0, 0.05) is 25.3 Å². The second kappa shape index (κ2) is 4.68. The Balaban J connectivity index is 2.33. The molecule has 1 aromatic rings. The number of nitrogens with one attached hydrogen (secondary N) is 1. The van der Waals surface area contributed by atoms with Crippen LogP contribution in [0.4, 0.5) is 0 Å². The Hall–Kier alpha value is -1.44. The fourth-order valence-electron chi connectivity index (χ4n) is 2.04. The summed E-state index contributed by atoms with van der Waals surface area (Å²) < 4.78 is 12.0. The topological polar surface area (TPSA) is 93.5 Å². The highest BCUT2D eigenvalue weighted by molar-refractivity contribution is 5.01. The van der Waals surface area contributed by atoms with Crippen LogP contribution in [0.25, 0.3) is 0 Å². The van der Waals surface area contributed by atoms with E-state index >= 15 is 0 Å². The van der Waals surface area contributed by atoms with Crippen molar-refractivity contribution in [3.63, 3.8) is 0 Å². The zero-order chi connectivity index (χ0) is 13.3. The maximum atomic E-state index is 11.7. The zero-order valence-electron chi connectivity index (χ0n) is 10.3. The van der Waals surface area contributed by atoms with Crippen molar-refractivity contribution in [2.75, 3.05) is 13.7 Å². The molecule has 0 aliphatic carbocycles. The van der Waals surface area contributed by atoms with Gasteiger partial charge in [-0.3, -0.25) is 14.3 Å². The molecule has 18 heavy (non-hydrogen) atoms. The number of aromatic amines is 1. The van der Waals surface area contributed by atoms with Gasteiger partial charge in [0.05, 0.1) is 6.61 Å². The summed E-state index contributed by atoms with van der Waals surface area (Å²) in [6.07, 6.45) is 1.92. The van der Waals surface area contributed by atoms with Gasteiger partial charge in [0.25, 0.3) is 5.56 Å². The second-order valence-corrected chi connectivity index (χ2v) is 4.36. The van der Waals surface area contributed by atoms with Crippen LogP contribution < -0.4 is 11.2 Å². The molecule has 1 aliphatic heterocycles. The van der Waals surface area contributed by atoms with Crippen LogP contribution in [0.5, 0.6) is 0 Å². The van der Waals surface area contributed by atoms with Crippen LogP contribution in [0.1, 0.15) is 24.6 Å². The van der Waals surface area contributed by atoms with Gasteiger partial charge in [0.1, 0.15) is 6.23 Å². The van der Waals surface area contributed by atoms with Crippen LogP contribution in [0.3, 0.4) is 0 Å². The molecule has 7 nitrogen and oxygen atoms in total. The fourth-order valence-corrected chi connectivity index (χ4v) is 2.04. The summed E-state index contributed by atoms with van der Waals surface area (Å²) in [5.41, 5.74) is -0.507. The molecule has 0 spiro atoms. The third kappa shape index (κ3) is 2.12. The van der Waals surface area contributed by atoms with Gasteiger partial charge in [-0.1, -0.05) is 0 Å². The Morgan fingerprint density at radius 2 is 2.39 bits per heavy atom. The number of aliphatic hydroxyl groups excluding tert-OH is 1. The lowest BCUT2D eigenvalue weighted by Gasteiger charge is -2.25. The number of hydrogen-bond donors (Lipinski definition) is 2. The Labute approximate surface area is 103 Å². The highest BCUT2D eigenvalue weighted by Crippen LogP contribution is 2.35. The highest BCUT2D eigenvalue weighted by Gasteiger charge is 2.41. The third-order valence-electron chi connectivity index (χ3n) is 3.19. The zero-order valence-corrected chi connectivity index (χ0v) is 10.3.